The van der Waals surface area contributed by atoms with Crippen LogP contribution in [0.15, 0.2) is 58.3 Å². The van der Waals surface area contributed by atoms with Crippen molar-refractivity contribution in [3.63, 3.8) is 0 Å². The van der Waals surface area contributed by atoms with Crippen LogP contribution in [0.3, 0.4) is 0 Å². The molecule has 4 heteroatoms. The Morgan fingerprint density at radius 1 is 0.917 bits per heavy atom. The van der Waals surface area contributed by atoms with Gasteiger partial charge in [0, 0.05) is 49.1 Å². The highest BCUT2D eigenvalue weighted by atomic mass is 32.2. The number of piperazine rings is 1. The van der Waals surface area contributed by atoms with Crippen LogP contribution in [-0.4, -0.2) is 44.2 Å². The van der Waals surface area contributed by atoms with Crippen LogP contribution < -0.4 is 10.2 Å². The van der Waals surface area contributed by atoms with Crippen molar-refractivity contribution >= 4 is 23.1 Å². The molecule has 2 aromatic carbocycles. The second-order valence-corrected chi connectivity index (χ2v) is 7.89. The van der Waals surface area contributed by atoms with E-state index < -0.39 is 0 Å². The first-order valence-electron chi connectivity index (χ1n) is 8.88. The van der Waals surface area contributed by atoms with Gasteiger partial charge in [0.1, 0.15) is 0 Å². The van der Waals surface area contributed by atoms with Crippen LogP contribution in [0.2, 0.25) is 0 Å². The Morgan fingerprint density at radius 3 is 2.12 bits per heavy atom. The molecule has 0 aliphatic carbocycles. The maximum atomic E-state index is 3.44. The lowest BCUT2D eigenvalue weighted by Crippen LogP contribution is -2.46. The fourth-order valence-corrected chi connectivity index (χ4v) is 4.78. The molecule has 1 fully saturated rings. The number of nitrogens with one attached hydrogen (secondary N) is 1. The second kappa shape index (κ2) is 7.18. The number of nitrogens with zero attached hydrogens (tertiary/aromatic N) is 2. The average Bonchev–Trinajstić information content (AvgIpc) is 2.62. The first-order valence-corrected chi connectivity index (χ1v) is 9.69. The summed E-state index contributed by atoms with van der Waals surface area (Å²) < 4.78 is 0. The van der Waals surface area contributed by atoms with E-state index in [-0.39, 0.29) is 0 Å². The third-order valence-corrected chi connectivity index (χ3v) is 5.94. The van der Waals surface area contributed by atoms with Gasteiger partial charge in [0.05, 0.1) is 11.4 Å². The van der Waals surface area contributed by atoms with Crippen LogP contribution in [0.4, 0.5) is 11.4 Å². The summed E-state index contributed by atoms with van der Waals surface area (Å²) >= 11 is 1.89. The highest BCUT2D eigenvalue weighted by Crippen LogP contribution is 2.47. The number of anilines is 2. The fraction of sp³-hybridized carbons (Fsp3) is 0.400. The Labute approximate surface area is 149 Å². The van der Waals surface area contributed by atoms with Gasteiger partial charge in [0.2, 0.25) is 0 Å². The van der Waals surface area contributed by atoms with Gasteiger partial charge >= 0.3 is 0 Å². The number of benzene rings is 2. The molecule has 2 aliphatic heterocycles. The molecule has 24 heavy (non-hydrogen) atoms. The van der Waals surface area contributed by atoms with E-state index in [9.17, 15) is 0 Å². The van der Waals surface area contributed by atoms with Crippen LogP contribution in [0.5, 0.6) is 0 Å². The van der Waals surface area contributed by atoms with Gasteiger partial charge in [0.25, 0.3) is 0 Å². The minimum Gasteiger partial charge on any atom is -0.339 e. The monoisotopic (exact) mass is 339 g/mol. The van der Waals surface area contributed by atoms with Crippen molar-refractivity contribution in [1.82, 2.24) is 10.2 Å². The van der Waals surface area contributed by atoms with E-state index >= 15 is 0 Å². The summed E-state index contributed by atoms with van der Waals surface area (Å²) in [5.41, 5.74) is 2.71. The molecule has 0 radical (unpaired) electrons. The largest absolute Gasteiger partial charge is 0.339 e. The Kier molecular flexibility index (Phi) is 4.79. The molecule has 2 aliphatic rings. The molecule has 0 aromatic heterocycles. The van der Waals surface area contributed by atoms with Crippen molar-refractivity contribution in [2.75, 3.05) is 44.2 Å². The zero-order valence-electron chi connectivity index (χ0n) is 14.2. The summed E-state index contributed by atoms with van der Waals surface area (Å²) in [6.45, 7) is 9.22. The topological polar surface area (TPSA) is 18.5 Å². The first kappa shape index (κ1) is 16.0. The number of rotatable bonds is 4. The minimum absolute atomic E-state index is 0.632. The second-order valence-electron chi connectivity index (χ2n) is 6.80. The highest BCUT2D eigenvalue weighted by molar-refractivity contribution is 7.99. The molecule has 0 bridgehead atoms. The minimum atomic E-state index is 0.632. The molecule has 2 heterocycles. The zero-order chi connectivity index (χ0) is 16.4. The summed E-state index contributed by atoms with van der Waals surface area (Å²) in [6, 6.07) is 17.6. The summed E-state index contributed by atoms with van der Waals surface area (Å²) in [4.78, 5) is 7.85. The van der Waals surface area contributed by atoms with Crippen molar-refractivity contribution in [3.05, 3.63) is 48.5 Å². The molecular formula is C20H25N3S. The van der Waals surface area contributed by atoms with Crippen LogP contribution in [0, 0.1) is 5.92 Å². The molecule has 1 unspecified atom stereocenters. The summed E-state index contributed by atoms with van der Waals surface area (Å²) in [5.74, 6) is 0.632. The summed E-state index contributed by atoms with van der Waals surface area (Å²) in [5, 5.41) is 3.44. The molecule has 126 valence electrons. The molecule has 2 aromatic rings. The van der Waals surface area contributed by atoms with Gasteiger partial charge in [-0.3, -0.25) is 0 Å². The van der Waals surface area contributed by atoms with Crippen molar-refractivity contribution in [3.8, 4) is 0 Å². The van der Waals surface area contributed by atoms with Crippen molar-refractivity contribution in [2.45, 2.75) is 16.7 Å². The van der Waals surface area contributed by atoms with Gasteiger partial charge in [-0.05, 0) is 30.2 Å². The maximum absolute atomic E-state index is 3.44. The maximum Gasteiger partial charge on any atom is 0.0552 e. The van der Waals surface area contributed by atoms with Gasteiger partial charge in [-0.15, -0.1) is 0 Å². The number of hydrogen-bond acceptors (Lipinski definition) is 4. The number of fused-ring (bicyclic) bond motifs is 2. The third-order valence-electron chi connectivity index (χ3n) is 4.81. The molecule has 3 nitrogen and oxygen atoms in total. The number of para-hydroxylation sites is 2. The predicted molar refractivity (Wildman–Crippen MR) is 102 cm³/mol. The van der Waals surface area contributed by atoms with E-state index in [4.69, 9.17) is 0 Å². The average molecular weight is 340 g/mol. The van der Waals surface area contributed by atoms with Crippen molar-refractivity contribution < 1.29 is 0 Å². The molecule has 1 N–H and O–H groups in total. The standard InChI is InChI=1S/C20H25N3S/c1-16(14-22-12-10-21-11-13-22)15-23-17-6-2-4-8-19(17)24-20-9-5-3-7-18(20)23/h2-9,16,21H,10-15H2,1H3. The molecule has 0 spiro atoms. The van der Waals surface area contributed by atoms with Crippen molar-refractivity contribution in [1.29, 1.82) is 0 Å². The lowest BCUT2D eigenvalue weighted by atomic mass is 10.1. The molecule has 1 atom stereocenters. The van der Waals surface area contributed by atoms with Crippen LogP contribution in [0.1, 0.15) is 6.92 Å². The predicted octanol–water partition coefficient (Wildman–Crippen LogP) is 3.83. The summed E-state index contributed by atoms with van der Waals surface area (Å²) in [7, 11) is 0. The Balaban J connectivity index is 1.55. The summed E-state index contributed by atoms with van der Waals surface area (Å²) in [6.07, 6.45) is 0. The Morgan fingerprint density at radius 2 is 1.50 bits per heavy atom. The quantitative estimate of drug-likeness (QED) is 0.912. The first-order chi connectivity index (χ1) is 11.8. The van der Waals surface area contributed by atoms with Crippen LogP contribution in [0.25, 0.3) is 0 Å². The van der Waals surface area contributed by atoms with Gasteiger partial charge in [-0.25, -0.2) is 0 Å². The Hall–Kier alpha value is -1.49. The van der Waals surface area contributed by atoms with E-state index in [1.165, 1.54) is 40.8 Å². The molecule has 1 saturated heterocycles. The Bertz CT molecular complexity index is 651. The lowest BCUT2D eigenvalue weighted by molar-refractivity contribution is 0.213. The van der Waals surface area contributed by atoms with Crippen molar-refractivity contribution in [2.24, 2.45) is 5.92 Å². The zero-order valence-corrected chi connectivity index (χ0v) is 15.1. The van der Waals surface area contributed by atoms with Gasteiger partial charge < -0.3 is 15.1 Å². The van der Waals surface area contributed by atoms with Gasteiger partial charge in [-0.2, -0.15) is 0 Å². The van der Waals surface area contributed by atoms with E-state index in [2.05, 4.69) is 70.6 Å². The van der Waals surface area contributed by atoms with Crippen LogP contribution >= 0.6 is 11.8 Å². The molecule has 0 saturated carbocycles. The van der Waals surface area contributed by atoms with E-state index in [0.717, 1.165) is 19.6 Å². The lowest BCUT2D eigenvalue weighted by Gasteiger charge is -2.36. The van der Waals surface area contributed by atoms with E-state index in [0.29, 0.717) is 5.92 Å². The molecule has 0 amide bonds. The fourth-order valence-electron chi connectivity index (χ4n) is 3.68. The van der Waals surface area contributed by atoms with E-state index in [1.54, 1.807) is 0 Å². The number of hydrogen-bond donors (Lipinski definition) is 1. The smallest absolute Gasteiger partial charge is 0.0552 e. The van der Waals surface area contributed by atoms with Crippen LogP contribution in [-0.2, 0) is 0 Å². The van der Waals surface area contributed by atoms with Gasteiger partial charge in [0.15, 0.2) is 0 Å². The molecule has 4 rings (SSSR count). The highest BCUT2D eigenvalue weighted by Gasteiger charge is 2.24. The van der Waals surface area contributed by atoms with Gasteiger partial charge in [-0.1, -0.05) is 43.0 Å². The SMILES string of the molecule is CC(CN1CCNCC1)CN1c2ccccc2Sc2ccccc21. The normalized spacial score (nSPS) is 18.8. The van der Waals surface area contributed by atoms with E-state index in [1.807, 2.05) is 11.8 Å². The third kappa shape index (κ3) is 3.32. The molecular weight excluding hydrogens is 314 g/mol.